The number of aromatic nitrogens is 2. The number of urea groups is 1. The molecule has 2 aliphatic heterocycles. The van der Waals surface area contributed by atoms with Crippen LogP contribution in [0.2, 0.25) is 0 Å². The second kappa shape index (κ2) is 8.43. The maximum absolute atomic E-state index is 12.3. The maximum atomic E-state index is 12.3. The number of carbonyl (C=O) groups excluding carboxylic acids is 1. The molecule has 2 amide bonds. The first-order chi connectivity index (χ1) is 14.7. The van der Waals surface area contributed by atoms with E-state index < -0.39 is 9.84 Å². The normalized spacial score (nSPS) is 19.9. The van der Waals surface area contributed by atoms with Gasteiger partial charge in [0.05, 0.1) is 36.5 Å². The number of fused-ring (bicyclic) bond motifs is 1. The van der Waals surface area contributed by atoms with Gasteiger partial charge in [0.25, 0.3) is 0 Å². The van der Waals surface area contributed by atoms with Gasteiger partial charge in [-0.05, 0) is 45.0 Å². The van der Waals surface area contributed by atoms with E-state index in [1.54, 1.807) is 12.1 Å². The number of amides is 2. The summed E-state index contributed by atoms with van der Waals surface area (Å²) in [6.07, 6.45) is 0. The Morgan fingerprint density at radius 1 is 1.19 bits per heavy atom. The molecule has 1 saturated heterocycles. The molecule has 0 spiro atoms. The number of nitrogens with one attached hydrogen (secondary N) is 2. The maximum Gasteiger partial charge on any atom is 0.319 e. The standard InChI is InChI=1S/C21H27N5O4S/c1-13(2)22-21(27)23-16-6-4-15(5-7-16)19-24-18-12-31(28,29)11-17(18)20(25-19)26-8-9-30-10-14(26)3/h4-7,13-14H,8-12H2,1-3H3,(H2,22,23,27)/t14-/m0/s1. The zero-order chi connectivity index (χ0) is 22.2. The van der Waals surface area contributed by atoms with Crippen LogP contribution in [0.1, 0.15) is 32.0 Å². The van der Waals surface area contributed by atoms with Crippen LogP contribution in [0.15, 0.2) is 24.3 Å². The largest absolute Gasteiger partial charge is 0.377 e. The lowest BCUT2D eigenvalue weighted by molar-refractivity contribution is 0.0984. The van der Waals surface area contributed by atoms with Gasteiger partial charge in [-0.3, -0.25) is 0 Å². The molecule has 2 aliphatic rings. The minimum atomic E-state index is -3.23. The van der Waals surface area contributed by atoms with E-state index in [2.05, 4.69) is 20.5 Å². The lowest BCUT2D eigenvalue weighted by atomic mass is 10.1. The molecule has 0 unspecified atom stereocenters. The molecule has 1 fully saturated rings. The lowest BCUT2D eigenvalue weighted by Crippen LogP contribution is -2.44. The Bertz CT molecular complexity index is 1090. The highest BCUT2D eigenvalue weighted by Crippen LogP contribution is 2.34. The first-order valence-corrected chi connectivity index (χ1v) is 12.2. The van der Waals surface area contributed by atoms with Crippen molar-refractivity contribution in [3.63, 3.8) is 0 Å². The van der Waals surface area contributed by atoms with Crippen molar-refractivity contribution < 1.29 is 17.9 Å². The molecule has 166 valence electrons. The number of hydrogen-bond acceptors (Lipinski definition) is 7. The van der Waals surface area contributed by atoms with Crippen LogP contribution in [0.3, 0.4) is 0 Å². The summed E-state index contributed by atoms with van der Waals surface area (Å²) in [6, 6.07) is 7.06. The van der Waals surface area contributed by atoms with Crippen LogP contribution in [-0.2, 0) is 26.1 Å². The van der Waals surface area contributed by atoms with Crippen LogP contribution in [0.5, 0.6) is 0 Å². The summed E-state index contributed by atoms with van der Waals surface area (Å²) in [5, 5.41) is 5.55. The third kappa shape index (κ3) is 4.80. The van der Waals surface area contributed by atoms with Crippen LogP contribution < -0.4 is 15.5 Å². The molecule has 0 saturated carbocycles. The van der Waals surface area contributed by atoms with E-state index in [4.69, 9.17) is 9.72 Å². The van der Waals surface area contributed by atoms with Crippen LogP contribution >= 0.6 is 0 Å². The van der Waals surface area contributed by atoms with Gasteiger partial charge in [-0.2, -0.15) is 0 Å². The van der Waals surface area contributed by atoms with Crippen LogP contribution in [0.25, 0.3) is 11.4 Å². The first kappa shape index (κ1) is 21.5. The van der Waals surface area contributed by atoms with Gasteiger partial charge in [-0.25, -0.2) is 23.2 Å². The highest BCUT2D eigenvalue weighted by Gasteiger charge is 2.34. The smallest absolute Gasteiger partial charge is 0.319 e. The average Bonchev–Trinajstić information content (AvgIpc) is 3.01. The molecule has 3 heterocycles. The first-order valence-electron chi connectivity index (χ1n) is 10.3. The van der Waals surface area contributed by atoms with Gasteiger partial charge >= 0.3 is 6.03 Å². The summed E-state index contributed by atoms with van der Waals surface area (Å²) in [5.41, 5.74) is 2.66. The molecule has 9 nitrogen and oxygen atoms in total. The summed E-state index contributed by atoms with van der Waals surface area (Å²) < 4.78 is 30.2. The predicted octanol–water partition coefficient (Wildman–Crippen LogP) is 2.33. The number of carbonyl (C=O) groups is 1. The Labute approximate surface area is 182 Å². The summed E-state index contributed by atoms with van der Waals surface area (Å²) in [5.74, 6) is 1.05. The number of rotatable bonds is 4. The number of hydrogen-bond donors (Lipinski definition) is 2. The van der Waals surface area contributed by atoms with E-state index in [0.717, 1.165) is 5.56 Å². The van der Waals surface area contributed by atoms with Crippen molar-refractivity contribution in [2.75, 3.05) is 30.0 Å². The van der Waals surface area contributed by atoms with Gasteiger partial charge in [0.15, 0.2) is 15.7 Å². The number of benzene rings is 1. The molecular formula is C21H27N5O4S. The summed E-state index contributed by atoms with van der Waals surface area (Å²) in [6.45, 7) is 7.61. The number of morpholine rings is 1. The molecule has 2 N–H and O–H groups in total. The fraction of sp³-hybridized carbons (Fsp3) is 0.476. The van der Waals surface area contributed by atoms with Crippen molar-refractivity contribution in [2.45, 2.75) is 44.4 Å². The number of sulfone groups is 1. The van der Waals surface area contributed by atoms with Gasteiger partial charge in [-0.15, -0.1) is 0 Å². The Morgan fingerprint density at radius 2 is 1.94 bits per heavy atom. The molecule has 1 aromatic heterocycles. The molecular weight excluding hydrogens is 418 g/mol. The zero-order valence-corrected chi connectivity index (χ0v) is 18.7. The van der Waals surface area contributed by atoms with Gasteiger partial charge in [0.1, 0.15) is 5.82 Å². The van der Waals surface area contributed by atoms with E-state index in [1.165, 1.54) is 0 Å². The Morgan fingerprint density at radius 3 is 2.61 bits per heavy atom. The highest BCUT2D eigenvalue weighted by atomic mass is 32.2. The average molecular weight is 446 g/mol. The Hall–Kier alpha value is -2.72. The summed E-state index contributed by atoms with van der Waals surface area (Å²) in [7, 11) is -3.23. The minimum Gasteiger partial charge on any atom is -0.377 e. The quantitative estimate of drug-likeness (QED) is 0.742. The molecule has 0 aliphatic carbocycles. The van der Waals surface area contributed by atoms with Gasteiger partial charge in [0, 0.05) is 29.4 Å². The van der Waals surface area contributed by atoms with E-state index in [0.29, 0.717) is 48.3 Å². The van der Waals surface area contributed by atoms with E-state index in [-0.39, 0.29) is 29.6 Å². The number of nitrogens with zero attached hydrogens (tertiary/aromatic N) is 3. The molecule has 4 rings (SSSR count). The SMILES string of the molecule is CC(C)NC(=O)Nc1ccc(-c2nc3c(c(N4CCOC[C@@H]4C)n2)CS(=O)(=O)C3)cc1. The van der Waals surface area contributed by atoms with Crippen LogP contribution in [0, 0.1) is 0 Å². The van der Waals surface area contributed by atoms with Crippen molar-refractivity contribution in [1.82, 2.24) is 15.3 Å². The Balaban J connectivity index is 1.66. The molecule has 1 atom stereocenters. The van der Waals surface area contributed by atoms with Crippen molar-refractivity contribution >= 4 is 27.4 Å². The van der Waals surface area contributed by atoms with E-state index >= 15 is 0 Å². The second-order valence-corrected chi connectivity index (χ2v) is 10.3. The van der Waals surface area contributed by atoms with Crippen molar-refractivity contribution in [3.8, 4) is 11.4 Å². The lowest BCUT2D eigenvalue weighted by Gasteiger charge is -2.35. The van der Waals surface area contributed by atoms with E-state index in [9.17, 15) is 13.2 Å². The van der Waals surface area contributed by atoms with Crippen molar-refractivity contribution in [3.05, 3.63) is 35.5 Å². The third-order valence-corrected chi connectivity index (χ3v) is 6.69. The van der Waals surface area contributed by atoms with Crippen molar-refractivity contribution in [1.29, 1.82) is 0 Å². The summed E-state index contributed by atoms with van der Waals surface area (Å²) in [4.78, 5) is 23.4. The zero-order valence-electron chi connectivity index (χ0n) is 17.9. The predicted molar refractivity (Wildman–Crippen MR) is 119 cm³/mol. The van der Waals surface area contributed by atoms with Crippen LogP contribution in [0.4, 0.5) is 16.3 Å². The molecule has 0 radical (unpaired) electrons. The fourth-order valence-electron chi connectivity index (χ4n) is 3.80. The van der Waals surface area contributed by atoms with Crippen molar-refractivity contribution in [2.24, 2.45) is 0 Å². The topological polar surface area (TPSA) is 114 Å². The molecule has 31 heavy (non-hydrogen) atoms. The number of ether oxygens (including phenoxy) is 1. The third-order valence-electron chi connectivity index (χ3n) is 5.25. The number of anilines is 2. The molecule has 10 heteroatoms. The summed E-state index contributed by atoms with van der Waals surface area (Å²) >= 11 is 0. The monoisotopic (exact) mass is 445 g/mol. The fourth-order valence-corrected chi connectivity index (χ4v) is 5.30. The molecule has 1 aromatic carbocycles. The Kier molecular flexibility index (Phi) is 5.85. The van der Waals surface area contributed by atoms with Gasteiger partial charge < -0.3 is 20.3 Å². The van der Waals surface area contributed by atoms with Gasteiger partial charge in [0.2, 0.25) is 0 Å². The van der Waals surface area contributed by atoms with Gasteiger partial charge in [-0.1, -0.05) is 0 Å². The van der Waals surface area contributed by atoms with Crippen LogP contribution in [-0.4, -0.2) is 56.3 Å². The second-order valence-electron chi connectivity index (χ2n) is 8.28. The highest BCUT2D eigenvalue weighted by molar-refractivity contribution is 7.90. The van der Waals surface area contributed by atoms with E-state index in [1.807, 2.05) is 32.9 Å². The molecule has 0 bridgehead atoms. The molecule has 2 aromatic rings. The minimum absolute atomic E-state index is 0.0319.